The number of nitrogens with zero attached hydrogens (tertiary/aromatic N) is 2. The summed E-state index contributed by atoms with van der Waals surface area (Å²) >= 11 is 0. The SMILES string of the molecule is CC[C@@H](N)C(=O)N(C)[C@@H]1CCN(c2ccccc2F)C1=O. The molecule has 5 nitrogen and oxygen atoms in total. The number of rotatable bonds is 4. The molecule has 2 atom stereocenters. The number of carbonyl (C=O) groups is 2. The Hall–Kier alpha value is -1.95. The predicted molar refractivity (Wildman–Crippen MR) is 78.2 cm³/mol. The van der Waals surface area contributed by atoms with Gasteiger partial charge >= 0.3 is 0 Å². The molecule has 0 aromatic heterocycles. The third-order valence-corrected chi connectivity index (χ3v) is 3.89. The van der Waals surface area contributed by atoms with Crippen LogP contribution in [-0.4, -0.2) is 42.4 Å². The van der Waals surface area contributed by atoms with E-state index in [9.17, 15) is 14.0 Å². The normalized spacial score (nSPS) is 19.7. The van der Waals surface area contributed by atoms with Crippen LogP contribution in [0.15, 0.2) is 24.3 Å². The molecule has 0 radical (unpaired) electrons. The molecule has 1 heterocycles. The number of amides is 2. The summed E-state index contributed by atoms with van der Waals surface area (Å²) in [5.74, 6) is -0.962. The zero-order valence-corrected chi connectivity index (χ0v) is 12.3. The molecule has 0 saturated carbocycles. The molecule has 1 fully saturated rings. The Kier molecular flexibility index (Phi) is 4.57. The standard InChI is InChI=1S/C15H20FN3O2/c1-3-11(17)14(20)18(2)13-8-9-19(15(13)21)12-7-5-4-6-10(12)16/h4-7,11,13H,3,8-9,17H2,1-2H3/t11-,13-/m1/s1. The first kappa shape index (κ1) is 15.4. The van der Waals surface area contributed by atoms with Crippen LogP contribution in [0.1, 0.15) is 19.8 Å². The number of halogens is 1. The minimum atomic E-state index is -0.606. The second-order valence-electron chi connectivity index (χ2n) is 5.21. The molecule has 2 amide bonds. The average molecular weight is 293 g/mol. The fourth-order valence-corrected chi connectivity index (χ4v) is 2.52. The van der Waals surface area contributed by atoms with Crippen LogP contribution < -0.4 is 10.6 Å². The Morgan fingerprint density at radius 2 is 2.19 bits per heavy atom. The molecule has 0 spiro atoms. The fourth-order valence-electron chi connectivity index (χ4n) is 2.52. The van der Waals surface area contributed by atoms with Crippen molar-refractivity contribution in [2.24, 2.45) is 5.73 Å². The van der Waals surface area contributed by atoms with Gasteiger partial charge in [0.2, 0.25) is 11.8 Å². The maximum atomic E-state index is 13.8. The second-order valence-corrected chi connectivity index (χ2v) is 5.21. The van der Waals surface area contributed by atoms with Crippen molar-refractivity contribution in [2.45, 2.75) is 31.8 Å². The van der Waals surface area contributed by atoms with E-state index in [-0.39, 0.29) is 17.5 Å². The highest BCUT2D eigenvalue weighted by Crippen LogP contribution is 2.26. The number of para-hydroxylation sites is 1. The van der Waals surface area contributed by atoms with Gasteiger partial charge in [-0.3, -0.25) is 9.59 Å². The molecule has 1 aliphatic rings. The van der Waals surface area contributed by atoms with Crippen LogP contribution in [0, 0.1) is 5.82 Å². The molecule has 114 valence electrons. The third-order valence-electron chi connectivity index (χ3n) is 3.89. The Labute approximate surface area is 123 Å². The molecule has 1 saturated heterocycles. The lowest BCUT2D eigenvalue weighted by Gasteiger charge is -2.26. The van der Waals surface area contributed by atoms with Crippen molar-refractivity contribution < 1.29 is 14.0 Å². The van der Waals surface area contributed by atoms with E-state index in [1.165, 1.54) is 15.9 Å². The average Bonchev–Trinajstić information content (AvgIpc) is 2.87. The smallest absolute Gasteiger partial charge is 0.249 e. The van der Waals surface area contributed by atoms with E-state index in [4.69, 9.17) is 5.73 Å². The van der Waals surface area contributed by atoms with Crippen LogP contribution >= 0.6 is 0 Å². The zero-order valence-electron chi connectivity index (χ0n) is 12.3. The molecule has 6 heteroatoms. The first-order valence-electron chi connectivity index (χ1n) is 7.05. The van der Waals surface area contributed by atoms with Gasteiger partial charge in [0.25, 0.3) is 0 Å². The highest BCUT2D eigenvalue weighted by molar-refractivity contribution is 6.01. The van der Waals surface area contributed by atoms with E-state index in [0.717, 1.165) is 0 Å². The molecule has 0 aliphatic carbocycles. The Morgan fingerprint density at radius 3 is 2.81 bits per heavy atom. The van der Waals surface area contributed by atoms with Crippen molar-refractivity contribution in [3.05, 3.63) is 30.1 Å². The lowest BCUT2D eigenvalue weighted by atomic mass is 10.1. The zero-order chi connectivity index (χ0) is 15.6. The number of nitrogens with two attached hydrogens (primary N) is 1. The molecule has 1 aromatic carbocycles. The quantitative estimate of drug-likeness (QED) is 0.905. The van der Waals surface area contributed by atoms with Crippen molar-refractivity contribution in [1.29, 1.82) is 0 Å². The van der Waals surface area contributed by atoms with Crippen LogP contribution in [0.25, 0.3) is 0 Å². The van der Waals surface area contributed by atoms with Crippen LogP contribution in [0.3, 0.4) is 0 Å². The summed E-state index contributed by atoms with van der Waals surface area (Å²) in [4.78, 5) is 27.3. The fraction of sp³-hybridized carbons (Fsp3) is 0.467. The van der Waals surface area contributed by atoms with Crippen LogP contribution in [0.5, 0.6) is 0 Å². The van der Waals surface area contributed by atoms with Gasteiger partial charge in [0.05, 0.1) is 11.7 Å². The number of hydrogen-bond donors (Lipinski definition) is 1. The minimum Gasteiger partial charge on any atom is -0.332 e. The number of likely N-dealkylation sites (N-methyl/N-ethyl adjacent to an activating group) is 1. The molecule has 2 rings (SSSR count). The Bertz CT molecular complexity index is 549. The summed E-state index contributed by atoms with van der Waals surface area (Å²) in [5, 5.41) is 0. The van der Waals surface area contributed by atoms with Crippen LogP contribution in [0.2, 0.25) is 0 Å². The van der Waals surface area contributed by atoms with Gasteiger partial charge in [-0.2, -0.15) is 0 Å². The van der Waals surface area contributed by atoms with E-state index in [1.54, 1.807) is 25.2 Å². The van der Waals surface area contributed by atoms with E-state index in [1.807, 2.05) is 6.92 Å². The Morgan fingerprint density at radius 1 is 1.52 bits per heavy atom. The van der Waals surface area contributed by atoms with E-state index in [2.05, 4.69) is 0 Å². The van der Waals surface area contributed by atoms with Crippen LogP contribution in [-0.2, 0) is 9.59 Å². The van der Waals surface area contributed by atoms with Gasteiger partial charge in [-0.15, -0.1) is 0 Å². The van der Waals surface area contributed by atoms with E-state index >= 15 is 0 Å². The third kappa shape index (κ3) is 2.90. The number of hydrogen-bond acceptors (Lipinski definition) is 3. The van der Waals surface area contributed by atoms with Gasteiger partial charge in [-0.25, -0.2) is 4.39 Å². The van der Waals surface area contributed by atoms with E-state index in [0.29, 0.717) is 19.4 Å². The first-order valence-corrected chi connectivity index (χ1v) is 7.05. The van der Waals surface area contributed by atoms with Crippen molar-refractivity contribution in [1.82, 2.24) is 4.90 Å². The molecule has 0 unspecified atom stereocenters. The Balaban J connectivity index is 2.15. The molecule has 2 N–H and O–H groups in total. The van der Waals surface area contributed by atoms with Crippen molar-refractivity contribution in [2.75, 3.05) is 18.5 Å². The van der Waals surface area contributed by atoms with Gasteiger partial charge in [-0.05, 0) is 25.0 Å². The maximum Gasteiger partial charge on any atom is 0.249 e. The van der Waals surface area contributed by atoms with Crippen molar-refractivity contribution >= 4 is 17.5 Å². The largest absolute Gasteiger partial charge is 0.332 e. The number of benzene rings is 1. The first-order chi connectivity index (χ1) is 9.97. The summed E-state index contributed by atoms with van der Waals surface area (Å²) in [6, 6.07) is 4.96. The summed E-state index contributed by atoms with van der Waals surface area (Å²) in [7, 11) is 1.57. The van der Waals surface area contributed by atoms with Gasteiger partial charge in [-0.1, -0.05) is 19.1 Å². The van der Waals surface area contributed by atoms with Gasteiger partial charge in [0, 0.05) is 13.6 Å². The molecule has 1 aliphatic heterocycles. The molecular weight excluding hydrogens is 273 g/mol. The van der Waals surface area contributed by atoms with E-state index < -0.39 is 17.9 Å². The second kappa shape index (κ2) is 6.22. The number of carbonyl (C=O) groups excluding carboxylic acids is 2. The number of anilines is 1. The summed E-state index contributed by atoms with van der Waals surface area (Å²) in [5.41, 5.74) is 5.98. The summed E-state index contributed by atoms with van der Waals surface area (Å²) < 4.78 is 13.8. The topological polar surface area (TPSA) is 66.6 Å². The van der Waals surface area contributed by atoms with Gasteiger partial charge < -0.3 is 15.5 Å². The molecular formula is C15H20FN3O2. The molecule has 1 aromatic rings. The van der Waals surface area contributed by atoms with Crippen molar-refractivity contribution in [3.8, 4) is 0 Å². The molecule has 0 bridgehead atoms. The summed E-state index contributed by atoms with van der Waals surface area (Å²) in [6.45, 7) is 2.21. The predicted octanol–water partition coefficient (Wildman–Crippen LogP) is 1.13. The maximum absolute atomic E-state index is 13.8. The lowest BCUT2D eigenvalue weighted by Crippen LogP contribution is -2.49. The minimum absolute atomic E-state index is 0.255. The van der Waals surface area contributed by atoms with Crippen molar-refractivity contribution in [3.63, 3.8) is 0 Å². The van der Waals surface area contributed by atoms with Gasteiger partial charge in [0.1, 0.15) is 11.9 Å². The van der Waals surface area contributed by atoms with Gasteiger partial charge in [0.15, 0.2) is 0 Å². The highest BCUT2D eigenvalue weighted by Gasteiger charge is 2.38. The monoisotopic (exact) mass is 293 g/mol. The lowest BCUT2D eigenvalue weighted by molar-refractivity contribution is -0.137. The van der Waals surface area contributed by atoms with Crippen LogP contribution in [0.4, 0.5) is 10.1 Å². The highest BCUT2D eigenvalue weighted by atomic mass is 19.1. The molecule has 21 heavy (non-hydrogen) atoms. The summed E-state index contributed by atoms with van der Waals surface area (Å²) in [6.07, 6.45) is 0.993.